The van der Waals surface area contributed by atoms with Gasteiger partial charge in [-0.3, -0.25) is 19.6 Å². The fourth-order valence-electron chi connectivity index (χ4n) is 3.48. The zero-order valence-electron chi connectivity index (χ0n) is 17.3. The molecule has 10 heteroatoms. The van der Waals surface area contributed by atoms with Gasteiger partial charge in [-0.15, -0.1) is 0 Å². The van der Waals surface area contributed by atoms with Crippen molar-refractivity contribution in [1.29, 1.82) is 0 Å². The van der Waals surface area contributed by atoms with Gasteiger partial charge in [0.25, 0.3) is 0 Å². The number of rotatable bonds is 7. The predicted octanol–water partition coefficient (Wildman–Crippen LogP) is 2.56. The maximum atomic E-state index is 13.3. The summed E-state index contributed by atoms with van der Waals surface area (Å²) in [4.78, 5) is 35.6. The fraction of sp³-hybridized carbons (Fsp3) is 0.364. The van der Waals surface area contributed by atoms with Gasteiger partial charge in [-0.05, 0) is 18.2 Å². The Morgan fingerprint density at radius 1 is 1.28 bits per heavy atom. The number of aromatic nitrogens is 1. The summed E-state index contributed by atoms with van der Waals surface area (Å²) >= 11 is 5.78. The SMILES string of the molecule is O=C1CC(COc2ccc(F)c(Cl)c2)=Nc2c1ccnc2CNCC(=O)N1CCOCC1. The molecular weight excluding hydrogens is 439 g/mol. The highest BCUT2D eigenvalue weighted by molar-refractivity contribution is 6.30. The molecule has 0 saturated carbocycles. The summed E-state index contributed by atoms with van der Waals surface area (Å²) in [6.07, 6.45) is 1.68. The lowest BCUT2D eigenvalue weighted by Crippen LogP contribution is -2.44. The number of nitrogens with one attached hydrogen (secondary N) is 1. The van der Waals surface area contributed by atoms with Crippen LogP contribution in [0.15, 0.2) is 35.5 Å². The molecule has 1 fully saturated rings. The van der Waals surface area contributed by atoms with E-state index in [1.54, 1.807) is 17.2 Å². The maximum Gasteiger partial charge on any atom is 0.236 e. The van der Waals surface area contributed by atoms with Gasteiger partial charge in [0.2, 0.25) is 5.91 Å². The van der Waals surface area contributed by atoms with Crippen LogP contribution >= 0.6 is 11.6 Å². The van der Waals surface area contributed by atoms with E-state index in [0.29, 0.717) is 54.7 Å². The van der Waals surface area contributed by atoms with Crippen LogP contribution in [0.4, 0.5) is 10.1 Å². The number of halogens is 2. The number of ether oxygens (including phenoxy) is 2. The first-order valence-corrected chi connectivity index (χ1v) is 10.6. The Bertz CT molecular complexity index is 1060. The number of morpholine rings is 1. The lowest BCUT2D eigenvalue weighted by molar-refractivity contribution is -0.134. The van der Waals surface area contributed by atoms with Gasteiger partial charge >= 0.3 is 0 Å². The highest BCUT2D eigenvalue weighted by atomic mass is 35.5. The lowest BCUT2D eigenvalue weighted by Gasteiger charge is -2.27. The minimum atomic E-state index is -0.534. The molecule has 1 aromatic carbocycles. The molecule has 32 heavy (non-hydrogen) atoms. The topological polar surface area (TPSA) is 93.1 Å². The highest BCUT2D eigenvalue weighted by Crippen LogP contribution is 2.29. The average Bonchev–Trinajstić information content (AvgIpc) is 2.81. The summed E-state index contributed by atoms with van der Waals surface area (Å²) in [6, 6.07) is 5.69. The molecule has 0 radical (unpaired) electrons. The number of nitrogens with zero attached hydrogens (tertiary/aromatic N) is 3. The molecule has 2 aromatic rings. The number of carbonyl (C=O) groups excluding carboxylic acids is 2. The standard InChI is InChI=1S/C22H22ClFN4O4/c23-17-10-15(1-2-18(17)24)32-13-14-9-20(29)16-3-4-26-19(22(16)27-14)11-25-12-21(30)28-5-7-31-8-6-28/h1-4,10,25H,5-9,11-13H2. The average molecular weight is 461 g/mol. The van der Waals surface area contributed by atoms with Crippen LogP contribution in [0.1, 0.15) is 22.5 Å². The minimum absolute atomic E-state index is 0.00951. The van der Waals surface area contributed by atoms with Crippen LogP contribution < -0.4 is 10.1 Å². The van der Waals surface area contributed by atoms with Gasteiger partial charge in [-0.1, -0.05) is 11.6 Å². The van der Waals surface area contributed by atoms with Crippen molar-refractivity contribution >= 4 is 34.7 Å². The Morgan fingerprint density at radius 2 is 2.09 bits per heavy atom. The van der Waals surface area contributed by atoms with E-state index >= 15 is 0 Å². The van der Waals surface area contributed by atoms with Crippen LogP contribution in [-0.2, 0) is 16.1 Å². The zero-order valence-corrected chi connectivity index (χ0v) is 18.0. The van der Waals surface area contributed by atoms with Gasteiger partial charge in [0, 0.05) is 37.5 Å². The molecule has 1 amide bonds. The monoisotopic (exact) mass is 460 g/mol. The zero-order chi connectivity index (χ0) is 22.5. The van der Waals surface area contributed by atoms with Crippen molar-refractivity contribution in [2.24, 2.45) is 4.99 Å². The summed E-state index contributed by atoms with van der Waals surface area (Å²) in [7, 11) is 0. The first kappa shape index (κ1) is 22.3. The van der Waals surface area contributed by atoms with Crippen molar-refractivity contribution in [2.45, 2.75) is 13.0 Å². The molecule has 0 unspecified atom stereocenters. The molecule has 0 atom stereocenters. The molecule has 0 bridgehead atoms. The summed E-state index contributed by atoms with van der Waals surface area (Å²) in [6.45, 7) is 2.77. The fourth-order valence-corrected chi connectivity index (χ4v) is 3.65. The van der Waals surface area contributed by atoms with E-state index in [0.717, 1.165) is 0 Å². The Hall–Kier alpha value is -2.88. The van der Waals surface area contributed by atoms with Crippen molar-refractivity contribution in [3.63, 3.8) is 0 Å². The second-order valence-corrected chi connectivity index (χ2v) is 7.80. The van der Waals surface area contributed by atoms with Crippen molar-refractivity contribution in [1.82, 2.24) is 15.2 Å². The number of ketones is 1. The second kappa shape index (κ2) is 10.2. The molecule has 0 spiro atoms. The van der Waals surface area contributed by atoms with Gasteiger partial charge in [0.15, 0.2) is 5.78 Å². The van der Waals surface area contributed by atoms with E-state index in [4.69, 9.17) is 21.1 Å². The van der Waals surface area contributed by atoms with Crippen molar-refractivity contribution in [3.8, 4) is 5.75 Å². The summed E-state index contributed by atoms with van der Waals surface area (Å²) in [5.74, 6) is -0.246. The van der Waals surface area contributed by atoms with E-state index < -0.39 is 5.82 Å². The van der Waals surface area contributed by atoms with Crippen LogP contribution in [0.2, 0.25) is 5.02 Å². The van der Waals surface area contributed by atoms with Gasteiger partial charge in [0.1, 0.15) is 18.2 Å². The number of benzene rings is 1. The molecule has 8 nitrogen and oxygen atoms in total. The number of carbonyl (C=O) groups is 2. The predicted molar refractivity (Wildman–Crippen MR) is 116 cm³/mol. The smallest absolute Gasteiger partial charge is 0.236 e. The number of fused-ring (bicyclic) bond motifs is 1. The van der Waals surface area contributed by atoms with E-state index in [1.165, 1.54) is 18.2 Å². The van der Waals surface area contributed by atoms with Gasteiger partial charge < -0.3 is 19.7 Å². The molecular formula is C22H22ClFN4O4. The number of pyridine rings is 1. The Kier molecular flexibility index (Phi) is 7.09. The van der Waals surface area contributed by atoms with Crippen molar-refractivity contribution < 1.29 is 23.5 Å². The molecule has 0 aliphatic carbocycles. The number of Topliss-reactive ketones (excluding diaryl/α,β-unsaturated/α-hetero) is 1. The molecule has 1 aromatic heterocycles. The largest absolute Gasteiger partial charge is 0.488 e. The Balaban J connectivity index is 1.41. The van der Waals surface area contributed by atoms with E-state index in [1.807, 2.05) is 0 Å². The van der Waals surface area contributed by atoms with Crippen LogP contribution in [0.25, 0.3) is 0 Å². The molecule has 4 rings (SSSR count). The molecule has 3 heterocycles. The molecule has 1 N–H and O–H groups in total. The molecule has 2 aliphatic rings. The number of aliphatic imine (C=N–C) groups is 1. The van der Waals surface area contributed by atoms with E-state index in [-0.39, 0.29) is 42.8 Å². The lowest BCUT2D eigenvalue weighted by atomic mass is 10.00. The van der Waals surface area contributed by atoms with Crippen LogP contribution in [0.3, 0.4) is 0 Å². The first-order valence-electron chi connectivity index (χ1n) is 10.2. The van der Waals surface area contributed by atoms with Crippen molar-refractivity contribution in [3.05, 3.63) is 52.6 Å². The highest BCUT2D eigenvalue weighted by Gasteiger charge is 2.24. The van der Waals surface area contributed by atoms with E-state index in [9.17, 15) is 14.0 Å². The quantitative estimate of drug-likeness (QED) is 0.682. The Morgan fingerprint density at radius 3 is 2.88 bits per heavy atom. The van der Waals surface area contributed by atoms with Crippen molar-refractivity contribution in [2.75, 3.05) is 39.5 Å². The number of hydrogen-bond acceptors (Lipinski definition) is 7. The van der Waals surface area contributed by atoms with Crippen LogP contribution in [0.5, 0.6) is 5.75 Å². The molecule has 2 aliphatic heterocycles. The third-order valence-corrected chi connectivity index (χ3v) is 5.45. The second-order valence-electron chi connectivity index (χ2n) is 7.39. The minimum Gasteiger partial charge on any atom is -0.488 e. The van der Waals surface area contributed by atoms with E-state index in [2.05, 4.69) is 15.3 Å². The summed E-state index contributed by atoms with van der Waals surface area (Å²) < 4.78 is 24.2. The normalized spacial score (nSPS) is 15.9. The van der Waals surface area contributed by atoms with Gasteiger partial charge in [-0.2, -0.15) is 0 Å². The number of amides is 1. The third kappa shape index (κ3) is 5.29. The van der Waals surface area contributed by atoms with Crippen LogP contribution in [0, 0.1) is 5.82 Å². The van der Waals surface area contributed by atoms with Gasteiger partial charge in [-0.25, -0.2) is 4.39 Å². The summed E-state index contributed by atoms with van der Waals surface area (Å²) in [5.41, 5.74) is 2.07. The third-order valence-electron chi connectivity index (χ3n) is 5.16. The Labute approximate surface area is 189 Å². The first-order chi connectivity index (χ1) is 15.5. The summed E-state index contributed by atoms with van der Waals surface area (Å²) in [5, 5.41) is 3.05. The maximum absolute atomic E-state index is 13.3. The van der Waals surface area contributed by atoms with Crippen LogP contribution in [-0.4, -0.2) is 66.7 Å². The molecule has 1 saturated heterocycles. The van der Waals surface area contributed by atoms with Gasteiger partial charge in [0.05, 0.1) is 48.3 Å². The molecule has 168 valence electrons. The number of hydrogen-bond donors (Lipinski definition) is 1.